The van der Waals surface area contributed by atoms with Crippen molar-refractivity contribution >= 4 is 21.6 Å². The molecule has 2 aromatic rings. The fourth-order valence-electron chi connectivity index (χ4n) is 4.39. The van der Waals surface area contributed by atoms with Crippen molar-refractivity contribution in [2.75, 3.05) is 25.5 Å². The van der Waals surface area contributed by atoms with Gasteiger partial charge in [-0.05, 0) is 43.2 Å². The number of sulfonamides is 1. The first kappa shape index (κ1) is 23.4. The van der Waals surface area contributed by atoms with Crippen LogP contribution in [0.25, 0.3) is 0 Å². The van der Waals surface area contributed by atoms with Gasteiger partial charge in [0, 0.05) is 43.2 Å². The predicted octanol–water partition coefficient (Wildman–Crippen LogP) is 4.41. The number of carbonyl (C=O) groups is 1. The van der Waals surface area contributed by atoms with Gasteiger partial charge < -0.3 is 19.5 Å². The van der Waals surface area contributed by atoms with Crippen LogP contribution in [0, 0.1) is 0 Å². The summed E-state index contributed by atoms with van der Waals surface area (Å²) in [5.74, 6) is 0.452. The SMILES string of the molecule is CCN(CC)S(=O)(=O)c1cc(C(=O)Nc2ccc3c(c2)OC2(CCCCC2)O3)ccc1OC. The van der Waals surface area contributed by atoms with Gasteiger partial charge in [0.1, 0.15) is 10.6 Å². The van der Waals surface area contributed by atoms with Crippen LogP contribution in [0.5, 0.6) is 17.2 Å². The van der Waals surface area contributed by atoms with Crippen LogP contribution in [0.3, 0.4) is 0 Å². The van der Waals surface area contributed by atoms with E-state index in [1.807, 2.05) is 0 Å². The Kier molecular flexibility index (Phi) is 6.54. The van der Waals surface area contributed by atoms with Gasteiger partial charge in [-0.15, -0.1) is 0 Å². The van der Waals surface area contributed by atoms with E-state index in [0.29, 0.717) is 30.3 Å². The Morgan fingerprint density at radius 1 is 1.03 bits per heavy atom. The third-order valence-electron chi connectivity index (χ3n) is 6.16. The molecule has 4 rings (SSSR count). The molecule has 1 heterocycles. The fourth-order valence-corrected chi connectivity index (χ4v) is 6.03. The molecule has 1 aliphatic carbocycles. The van der Waals surface area contributed by atoms with E-state index in [2.05, 4.69) is 5.32 Å². The molecule has 2 aromatic carbocycles. The molecule has 1 spiro atoms. The van der Waals surface area contributed by atoms with E-state index in [9.17, 15) is 13.2 Å². The zero-order valence-corrected chi connectivity index (χ0v) is 20.0. The van der Waals surface area contributed by atoms with Crippen molar-refractivity contribution in [3.63, 3.8) is 0 Å². The van der Waals surface area contributed by atoms with E-state index in [-0.39, 0.29) is 16.2 Å². The Balaban J connectivity index is 1.56. The summed E-state index contributed by atoms with van der Waals surface area (Å²) in [6.07, 6.45) is 5.00. The highest BCUT2D eigenvalue weighted by Gasteiger charge is 2.42. The summed E-state index contributed by atoms with van der Waals surface area (Å²) in [7, 11) is -2.40. The van der Waals surface area contributed by atoms with Crippen LogP contribution in [0.4, 0.5) is 5.69 Å². The number of carbonyl (C=O) groups excluding carboxylic acids is 1. The standard InChI is InChI=1S/C24H30N2O6S/c1-4-26(5-2)33(28,29)22-15-17(9-11-20(22)30-3)23(27)25-18-10-12-19-21(16-18)32-24(31-19)13-7-6-8-14-24/h9-12,15-16H,4-8,13-14H2,1-3H3,(H,25,27). The normalized spacial score (nSPS) is 16.7. The third-order valence-corrected chi connectivity index (χ3v) is 8.23. The highest BCUT2D eigenvalue weighted by atomic mass is 32.2. The molecule has 2 aliphatic rings. The maximum atomic E-state index is 13.1. The zero-order valence-electron chi connectivity index (χ0n) is 19.2. The van der Waals surface area contributed by atoms with E-state index < -0.39 is 21.7 Å². The first-order chi connectivity index (χ1) is 15.8. The molecule has 1 fully saturated rings. The molecule has 1 N–H and O–H groups in total. The highest BCUT2D eigenvalue weighted by Crippen LogP contribution is 2.46. The number of amides is 1. The quantitative estimate of drug-likeness (QED) is 0.639. The van der Waals surface area contributed by atoms with Crippen LogP contribution < -0.4 is 19.5 Å². The Hall–Kier alpha value is -2.78. The second-order valence-corrected chi connectivity index (χ2v) is 10.2. The van der Waals surface area contributed by atoms with Crippen LogP contribution in [-0.4, -0.2) is 44.6 Å². The van der Waals surface area contributed by atoms with E-state index in [0.717, 1.165) is 25.7 Å². The van der Waals surface area contributed by atoms with Crippen LogP contribution in [0.2, 0.25) is 0 Å². The summed E-state index contributed by atoms with van der Waals surface area (Å²) in [5.41, 5.74) is 0.752. The molecule has 33 heavy (non-hydrogen) atoms. The number of nitrogens with zero attached hydrogens (tertiary/aromatic N) is 1. The molecular weight excluding hydrogens is 444 g/mol. The number of nitrogens with one attached hydrogen (secondary N) is 1. The number of hydrogen-bond acceptors (Lipinski definition) is 6. The molecule has 9 heteroatoms. The number of fused-ring (bicyclic) bond motifs is 1. The lowest BCUT2D eigenvalue weighted by atomic mass is 9.94. The molecule has 0 aromatic heterocycles. The summed E-state index contributed by atoms with van der Waals surface area (Å²) in [4.78, 5) is 12.9. The number of ether oxygens (including phenoxy) is 3. The van der Waals surface area contributed by atoms with Gasteiger partial charge >= 0.3 is 0 Å². The lowest BCUT2D eigenvalue weighted by molar-refractivity contribution is -0.105. The van der Waals surface area contributed by atoms with Crippen molar-refractivity contribution in [3.05, 3.63) is 42.0 Å². The van der Waals surface area contributed by atoms with Gasteiger partial charge in [0.2, 0.25) is 10.0 Å². The smallest absolute Gasteiger partial charge is 0.255 e. The van der Waals surface area contributed by atoms with Crippen molar-refractivity contribution in [1.29, 1.82) is 0 Å². The van der Waals surface area contributed by atoms with Crippen molar-refractivity contribution in [2.45, 2.75) is 56.6 Å². The summed E-state index contributed by atoms with van der Waals surface area (Å²) in [6, 6.07) is 9.67. The average molecular weight is 475 g/mol. The molecule has 0 atom stereocenters. The molecule has 1 amide bonds. The van der Waals surface area contributed by atoms with Gasteiger partial charge in [-0.2, -0.15) is 4.31 Å². The summed E-state index contributed by atoms with van der Waals surface area (Å²) < 4.78 is 44.9. The molecule has 1 saturated carbocycles. The van der Waals surface area contributed by atoms with Crippen molar-refractivity contribution in [2.24, 2.45) is 0 Å². The summed E-state index contributed by atoms with van der Waals surface area (Å²) in [5, 5.41) is 2.83. The van der Waals surface area contributed by atoms with Crippen molar-refractivity contribution in [3.8, 4) is 17.2 Å². The molecule has 178 valence electrons. The maximum absolute atomic E-state index is 13.1. The van der Waals surface area contributed by atoms with Crippen LogP contribution in [0.15, 0.2) is 41.3 Å². The van der Waals surface area contributed by atoms with Crippen LogP contribution in [0.1, 0.15) is 56.3 Å². The van der Waals surface area contributed by atoms with E-state index in [4.69, 9.17) is 14.2 Å². The van der Waals surface area contributed by atoms with Crippen LogP contribution in [-0.2, 0) is 10.0 Å². The molecule has 0 saturated heterocycles. The topological polar surface area (TPSA) is 94.2 Å². The first-order valence-electron chi connectivity index (χ1n) is 11.3. The van der Waals surface area contributed by atoms with Crippen molar-refractivity contribution in [1.82, 2.24) is 4.31 Å². The second-order valence-electron chi connectivity index (χ2n) is 8.25. The maximum Gasteiger partial charge on any atom is 0.255 e. The zero-order chi connectivity index (χ0) is 23.6. The highest BCUT2D eigenvalue weighted by molar-refractivity contribution is 7.89. The van der Waals surface area contributed by atoms with Gasteiger partial charge in [0.25, 0.3) is 11.7 Å². The second kappa shape index (κ2) is 9.23. The van der Waals surface area contributed by atoms with E-state index >= 15 is 0 Å². The number of hydrogen-bond donors (Lipinski definition) is 1. The van der Waals surface area contributed by atoms with Gasteiger partial charge in [-0.3, -0.25) is 4.79 Å². The first-order valence-corrected chi connectivity index (χ1v) is 12.8. The summed E-state index contributed by atoms with van der Waals surface area (Å²) >= 11 is 0. The Labute approximate surface area is 194 Å². The largest absolute Gasteiger partial charge is 0.495 e. The fraction of sp³-hybridized carbons (Fsp3) is 0.458. The minimum atomic E-state index is -3.80. The Morgan fingerprint density at radius 3 is 2.39 bits per heavy atom. The molecule has 8 nitrogen and oxygen atoms in total. The number of rotatable bonds is 7. The molecule has 0 bridgehead atoms. The third kappa shape index (κ3) is 4.52. The van der Waals surface area contributed by atoms with Gasteiger partial charge in [0.15, 0.2) is 11.5 Å². The van der Waals surface area contributed by atoms with E-state index in [1.165, 1.54) is 30.0 Å². The molecule has 0 radical (unpaired) electrons. The minimum Gasteiger partial charge on any atom is -0.495 e. The number of anilines is 1. The number of benzene rings is 2. The van der Waals surface area contributed by atoms with Gasteiger partial charge in [-0.25, -0.2) is 8.42 Å². The Morgan fingerprint density at radius 2 is 1.73 bits per heavy atom. The predicted molar refractivity (Wildman–Crippen MR) is 125 cm³/mol. The lowest BCUT2D eigenvalue weighted by Crippen LogP contribution is -2.40. The average Bonchev–Trinajstić information content (AvgIpc) is 3.16. The Bertz CT molecular complexity index is 1140. The van der Waals surface area contributed by atoms with Crippen LogP contribution >= 0.6 is 0 Å². The summed E-state index contributed by atoms with van der Waals surface area (Å²) in [6.45, 7) is 4.16. The monoisotopic (exact) mass is 474 g/mol. The van der Waals surface area contributed by atoms with Gasteiger partial charge in [-0.1, -0.05) is 20.3 Å². The molecule has 0 unspecified atom stereocenters. The van der Waals surface area contributed by atoms with E-state index in [1.54, 1.807) is 38.1 Å². The molecule has 1 aliphatic heterocycles. The van der Waals surface area contributed by atoms with Crippen molar-refractivity contribution < 1.29 is 27.4 Å². The minimum absolute atomic E-state index is 0.0359. The van der Waals surface area contributed by atoms with Gasteiger partial charge in [0.05, 0.1) is 7.11 Å². The molecular formula is C24H30N2O6S. The number of methoxy groups -OCH3 is 1. The lowest BCUT2D eigenvalue weighted by Gasteiger charge is -2.31.